The van der Waals surface area contributed by atoms with Gasteiger partial charge < -0.3 is 19.9 Å². The fourth-order valence-corrected chi connectivity index (χ4v) is 5.84. The number of carbonyl (C=O) groups excluding carboxylic acids is 1. The Morgan fingerprint density at radius 3 is 2.88 bits per heavy atom. The third kappa shape index (κ3) is 3.36. The maximum absolute atomic E-state index is 12.6. The molecule has 0 radical (unpaired) electrons. The average Bonchev–Trinajstić information content (AvgIpc) is 3.56. The molecule has 0 spiro atoms. The van der Waals surface area contributed by atoms with E-state index >= 15 is 0 Å². The second kappa shape index (κ2) is 7.89. The minimum atomic E-state index is -0.816. The van der Waals surface area contributed by atoms with Gasteiger partial charge in [0.1, 0.15) is 5.69 Å². The Morgan fingerprint density at radius 1 is 1.38 bits per heavy atom. The normalized spacial score (nSPS) is 29.1. The van der Waals surface area contributed by atoms with Crippen LogP contribution in [-0.2, 0) is 23.1 Å². The predicted molar refractivity (Wildman–Crippen MR) is 112 cm³/mol. The molecule has 0 saturated carbocycles. The Morgan fingerprint density at radius 2 is 2.16 bits per heavy atom. The highest BCUT2D eigenvalue weighted by Gasteiger charge is 2.59. The van der Waals surface area contributed by atoms with E-state index in [1.165, 1.54) is 4.68 Å². The third-order valence-corrected chi connectivity index (χ3v) is 7.27. The maximum Gasteiger partial charge on any atom is 0.408 e. The number of anilines is 1. The second-order valence-electron chi connectivity index (χ2n) is 8.98. The number of aryl methyl sites for hydroxylation is 1. The zero-order chi connectivity index (χ0) is 22.5. The van der Waals surface area contributed by atoms with Crippen LogP contribution in [0.3, 0.4) is 0 Å². The number of aromatic amines is 1. The van der Waals surface area contributed by atoms with E-state index in [0.717, 1.165) is 37.8 Å². The van der Waals surface area contributed by atoms with Gasteiger partial charge in [-0.15, -0.1) is 0 Å². The van der Waals surface area contributed by atoms with Crippen LogP contribution >= 0.6 is 0 Å². The van der Waals surface area contributed by atoms with Gasteiger partial charge in [-0.25, -0.2) is 4.79 Å². The molecule has 0 aliphatic carbocycles. The predicted octanol–water partition coefficient (Wildman–Crippen LogP) is 2.29. The maximum atomic E-state index is 12.6. The smallest absolute Gasteiger partial charge is 0.408 e. The molecule has 3 aliphatic heterocycles. The van der Waals surface area contributed by atoms with Crippen LogP contribution in [-0.4, -0.2) is 67.3 Å². The molecule has 11 nitrogen and oxygen atoms in total. The van der Waals surface area contributed by atoms with Crippen LogP contribution in [0.5, 0.6) is 0 Å². The summed E-state index contributed by atoms with van der Waals surface area (Å²) >= 11 is 0. The lowest BCUT2D eigenvalue weighted by Gasteiger charge is -2.37. The minimum Gasteiger partial charge on any atom is -0.465 e. The van der Waals surface area contributed by atoms with Crippen molar-refractivity contribution in [1.82, 2.24) is 24.9 Å². The Hall–Kier alpha value is -2.92. The summed E-state index contributed by atoms with van der Waals surface area (Å²) in [5.74, 6) is 0.245. The number of amides is 2. The second-order valence-corrected chi connectivity index (χ2v) is 8.98. The molecule has 32 heavy (non-hydrogen) atoms. The Kier molecular flexibility index (Phi) is 5.17. The summed E-state index contributed by atoms with van der Waals surface area (Å²) in [6.45, 7) is 0.856. The standard InChI is InChI=1S/C21H28N6O5/c1-26-16(8-13(25-26)11-31-2)19(28)22-18-9-15(23-24-18)17-7-12(10-32-17)21-5-3-14(4-6-21)27(21)20(29)30/h8-9,12,14,17H,3-7,10-11H2,1-2H3,(H,29,30)(H2,22,23,24,28)/t12-,14?,17+,21?/m1/s1. The first-order valence-electron chi connectivity index (χ1n) is 10.9. The number of ether oxygens (including phenoxy) is 2. The van der Waals surface area contributed by atoms with Crippen LogP contribution in [0.15, 0.2) is 12.1 Å². The highest BCUT2D eigenvalue weighted by atomic mass is 16.5. The summed E-state index contributed by atoms with van der Waals surface area (Å²) in [6, 6.07) is 3.61. The number of carbonyl (C=O) groups is 2. The molecular formula is C21H28N6O5. The number of hydrogen-bond donors (Lipinski definition) is 3. The number of fused-ring (bicyclic) bond motifs is 2. The summed E-state index contributed by atoms with van der Waals surface area (Å²) < 4.78 is 12.6. The van der Waals surface area contributed by atoms with Gasteiger partial charge in [-0.05, 0) is 38.2 Å². The monoisotopic (exact) mass is 444 g/mol. The van der Waals surface area contributed by atoms with Crippen molar-refractivity contribution in [2.45, 2.75) is 56.4 Å². The molecule has 2 amide bonds. The van der Waals surface area contributed by atoms with Crippen molar-refractivity contribution < 1.29 is 24.2 Å². The molecule has 2 atom stereocenters. The number of H-pyrrole nitrogens is 1. The topological polar surface area (TPSA) is 135 Å². The lowest BCUT2D eigenvalue weighted by Crippen LogP contribution is -2.50. The average molecular weight is 444 g/mol. The van der Waals surface area contributed by atoms with Crippen LogP contribution in [0.25, 0.3) is 0 Å². The SMILES string of the molecule is COCc1cc(C(=O)Nc2cc([C@@H]3C[C@@H](C45CCC(CC4)N5C(=O)O)CO3)[nH]n2)n(C)n1. The van der Waals surface area contributed by atoms with Crippen molar-refractivity contribution in [2.75, 3.05) is 19.0 Å². The molecule has 3 aliphatic rings. The van der Waals surface area contributed by atoms with E-state index in [2.05, 4.69) is 20.6 Å². The molecule has 3 fully saturated rings. The molecule has 2 aromatic rings. The van der Waals surface area contributed by atoms with Crippen molar-refractivity contribution >= 4 is 17.8 Å². The number of aromatic nitrogens is 4. The van der Waals surface area contributed by atoms with E-state index in [0.29, 0.717) is 30.4 Å². The Bertz CT molecular complexity index is 1020. The molecule has 3 N–H and O–H groups in total. The third-order valence-electron chi connectivity index (χ3n) is 7.27. The van der Waals surface area contributed by atoms with Crippen LogP contribution in [0.1, 0.15) is 60.1 Å². The minimum absolute atomic E-state index is 0.150. The molecule has 11 heteroatoms. The van der Waals surface area contributed by atoms with E-state index in [-0.39, 0.29) is 29.5 Å². The van der Waals surface area contributed by atoms with Gasteiger partial charge in [-0.2, -0.15) is 10.2 Å². The molecule has 2 bridgehead atoms. The number of methoxy groups -OCH3 is 1. The van der Waals surface area contributed by atoms with Crippen molar-refractivity contribution in [2.24, 2.45) is 13.0 Å². The van der Waals surface area contributed by atoms with Gasteiger partial charge in [0.25, 0.3) is 5.91 Å². The lowest BCUT2D eigenvalue weighted by atomic mass is 9.76. The van der Waals surface area contributed by atoms with Crippen molar-refractivity contribution in [1.29, 1.82) is 0 Å². The van der Waals surface area contributed by atoms with Crippen molar-refractivity contribution in [3.63, 3.8) is 0 Å². The molecular weight excluding hydrogens is 416 g/mol. The van der Waals surface area contributed by atoms with Gasteiger partial charge in [0, 0.05) is 32.2 Å². The largest absolute Gasteiger partial charge is 0.465 e. The Balaban J connectivity index is 1.25. The van der Waals surface area contributed by atoms with E-state index in [4.69, 9.17) is 9.47 Å². The number of nitrogens with zero attached hydrogens (tertiary/aromatic N) is 4. The highest BCUT2D eigenvalue weighted by molar-refractivity contribution is 6.02. The fourth-order valence-electron chi connectivity index (χ4n) is 5.84. The number of nitrogens with one attached hydrogen (secondary N) is 2. The van der Waals surface area contributed by atoms with Gasteiger partial charge in [0.15, 0.2) is 5.82 Å². The van der Waals surface area contributed by atoms with Crippen molar-refractivity contribution in [3.8, 4) is 0 Å². The van der Waals surface area contributed by atoms with Gasteiger partial charge in [0.05, 0.1) is 36.2 Å². The molecule has 0 unspecified atom stereocenters. The van der Waals surface area contributed by atoms with Crippen LogP contribution in [0.4, 0.5) is 10.6 Å². The number of hydrogen-bond acceptors (Lipinski definition) is 6. The lowest BCUT2D eigenvalue weighted by molar-refractivity contribution is 0.0609. The first-order valence-corrected chi connectivity index (χ1v) is 10.9. The first kappa shape index (κ1) is 21.0. The zero-order valence-electron chi connectivity index (χ0n) is 18.2. The van der Waals surface area contributed by atoms with Crippen LogP contribution in [0, 0.1) is 5.92 Å². The molecule has 5 heterocycles. The zero-order valence-corrected chi connectivity index (χ0v) is 18.2. The summed E-state index contributed by atoms with van der Waals surface area (Å²) in [7, 11) is 3.28. The summed E-state index contributed by atoms with van der Waals surface area (Å²) in [6.07, 6.45) is 3.40. The van der Waals surface area contributed by atoms with Gasteiger partial charge in [0.2, 0.25) is 0 Å². The van der Waals surface area contributed by atoms with E-state index in [9.17, 15) is 14.7 Å². The molecule has 2 aromatic heterocycles. The van der Waals surface area contributed by atoms with Crippen LogP contribution < -0.4 is 5.32 Å². The molecule has 5 rings (SSSR count). The summed E-state index contributed by atoms with van der Waals surface area (Å²) in [4.78, 5) is 26.2. The first-order chi connectivity index (χ1) is 15.4. The molecule has 172 valence electrons. The van der Waals surface area contributed by atoms with Gasteiger partial charge >= 0.3 is 6.09 Å². The number of rotatable bonds is 6. The Labute approximate surface area is 185 Å². The van der Waals surface area contributed by atoms with E-state index in [1.807, 2.05) is 0 Å². The molecule has 3 saturated heterocycles. The molecule has 0 aromatic carbocycles. The van der Waals surface area contributed by atoms with Crippen molar-refractivity contribution in [3.05, 3.63) is 29.2 Å². The van der Waals surface area contributed by atoms with E-state index in [1.54, 1.807) is 31.2 Å². The summed E-state index contributed by atoms with van der Waals surface area (Å²) in [5, 5.41) is 24.0. The highest BCUT2D eigenvalue weighted by Crippen LogP contribution is 2.54. The fraction of sp³-hybridized carbons (Fsp3) is 0.619. The van der Waals surface area contributed by atoms with E-state index < -0.39 is 6.09 Å². The van der Waals surface area contributed by atoms with Gasteiger partial charge in [-0.3, -0.25) is 19.5 Å². The van der Waals surface area contributed by atoms with Crippen LogP contribution in [0.2, 0.25) is 0 Å². The number of carboxylic acid groups (broad SMARTS) is 1. The van der Waals surface area contributed by atoms with Gasteiger partial charge in [-0.1, -0.05) is 0 Å². The quantitative estimate of drug-likeness (QED) is 0.622. The summed E-state index contributed by atoms with van der Waals surface area (Å²) in [5.41, 5.74) is 1.55.